The van der Waals surface area contributed by atoms with Gasteiger partial charge in [-0.25, -0.2) is 4.39 Å². The van der Waals surface area contributed by atoms with Crippen LogP contribution in [-0.2, 0) is 0 Å². The maximum atomic E-state index is 13.2. The van der Waals surface area contributed by atoms with E-state index in [4.69, 9.17) is 0 Å². The Kier molecular flexibility index (Phi) is 3.78. The zero-order chi connectivity index (χ0) is 13.1. The number of aryl methyl sites for hydroxylation is 2. The molecular formula is C16H18FN. The topological polar surface area (TPSA) is 12.0 Å². The molecule has 1 N–H and O–H groups in total. The first-order valence-electron chi connectivity index (χ1n) is 6.11. The summed E-state index contributed by atoms with van der Waals surface area (Å²) in [7, 11) is 1.93. The predicted molar refractivity (Wildman–Crippen MR) is 73.2 cm³/mol. The summed E-state index contributed by atoms with van der Waals surface area (Å²) in [5.74, 6) is -0.185. The van der Waals surface area contributed by atoms with Gasteiger partial charge in [0.1, 0.15) is 5.82 Å². The van der Waals surface area contributed by atoms with Crippen LogP contribution in [0.2, 0.25) is 0 Å². The van der Waals surface area contributed by atoms with Crippen LogP contribution >= 0.6 is 0 Å². The molecule has 2 heteroatoms. The molecule has 1 atom stereocenters. The molecule has 0 radical (unpaired) electrons. The fraction of sp³-hybridized carbons (Fsp3) is 0.250. The third-order valence-electron chi connectivity index (χ3n) is 3.21. The summed E-state index contributed by atoms with van der Waals surface area (Å²) in [4.78, 5) is 0. The van der Waals surface area contributed by atoms with Crippen LogP contribution in [0.1, 0.15) is 28.3 Å². The van der Waals surface area contributed by atoms with Gasteiger partial charge in [0.25, 0.3) is 0 Å². The molecule has 0 aliphatic rings. The van der Waals surface area contributed by atoms with Gasteiger partial charge in [0, 0.05) is 0 Å². The van der Waals surface area contributed by atoms with Gasteiger partial charge in [-0.1, -0.05) is 35.9 Å². The molecule has 0 aliphatic carbocycles. The maximum absolute atomic E-state index is 13.2. The van der Waals surface area contributed by atoms with E-state index in [2.05, 4.69) is 30.4 Å². The number of rotatable bonds is 3. The quantitative estimate of drug-likeness (QED) is 0.865. The van der Waals surface area contributed by atoms with E-state index in [0.717, 1.165) is 11.1 Å². The Morgan fingerprint density at radius 3 is 2.44 bits per heavy atom. The largest absolute Gasteiger partial charge is 0.309 e. The molecule has 0 aliphatic heterocycles. The number of hydrogen-bond donors (Lipinski definition) is 1. The maximum Gasteiger partial charge on any atom is 0.123 e. The SMILES string of the molecule is CNC(c1cccc(C)c1)c1ccc(F)cc1C. The predicted octanol–water partition coefficient (Wildman–Crippen LogP) is 3.75. The lowest BCUT2D eigenvalue weighted by Crippen LogP contribution is -2.18. The van der Waals surface area contributed by atoms with Gasteiger partial charge in [0.2, 0.25) is 0 Å². The Bertz CT molecular complexity index is 549. The molecule has 0 saturated heterocycles. The van der Waals surface area contributed by atoms with E-state index in [1.54, 1.807) is 6.07 Å². The molecule has 0 spiro atoms. The van der Waals surface area contributed by atoms with Crippen LogP contribution in [0.3, 0.4) is 0 Å². The highest BCUT2D eigenvalue weighted by molar-refractivity contribution is 5.38. The van der Waals surface area contributed by atoms with E-state index in [9.17, 15) is 4.39 Å². The highest BCUT2D eigenvalue weighted by Crippen LogP contribution is 2.25. The molecular weight excluding hydrogens is 225 g/mol. The van der Waals surface area contributed by atoms with E-state index >= 15 is 0 Å². The summed E-state index contributed by atoms with van der Waals surface area (Å²) in [5.41, 5.74) is 4.51. The Morgan fingerprint density at radius 1 is 1.06 bits per heavy atom. The summed E-state index contributed by atoms with van der Waals surface area (Å²) >= 11 is 0. The zero-order valence-corrected chi connectivity index (χ0v) is 11.0. The number of halogens is 1. The van der Waals surface area contributed by atoms with Gasteiger partial charge in [0.15, 0.2) is 0 Å². The number of nitrogens with one attached hydrogen (secondary N) is 1. The van der Waals surface area contributed by atoms with Crippen molar-refractivity contribution in [3.63, 3.8) is 0 Å². The normalized spacial score (nSPS) is 12.4. The van der Waals surface area contributed by atoms with Crippen molar-refractivity contribution in [2.24, 2.45) is 0 Å². The highest BCUT2D eigenvalue weighted by atomic mass is 19.1. The summed E-state index contributed by atoms with van der Waals surface area (Å²) in [5, 5.41) is 3.30. The molecule has 2 aromatic carbocycles. The first-order chi connectivity index (χ1) is 8.61. The van der Waals surface area contributed by atoms with Crippen molar-refractivity contribution in [2.75, 3.05) is 7.05 Å². The molecule has 0 fully saturated rings. The van der Waals surface area contributed by atoms with Gasteiger partial charge < -0.3 is 5.32 Å². The van der Waals surface area contributed by atoms with Crippen molar-refractivity contribution in [1.29, 1.82) is 0 Å². The standard InChI is InChI=1S/C16H18FN/c1-11-5-4-6-13(9-11)16(18-3)15-8-7-14(17)10-12(15)2/h4-10,16,18H,1-3H3. The highest BCUT2D eigenvalue weighted by Gasteiger charge is 2.14. The van der Waals surface area contributed by atoms with Gasteiger partial charge in [-0.3, -0.25) is 0 Å². The lowest BCUT2D eigenvalue weighted by atomic mass is 9.94. The minimum atomic E-state index is -0.185. The minimum absolute atomic E-state index is 0.102. The molecule has 2 aromatic rings. The van der Waals surface area contributed by atoms with Gasteiger partial charge in [-0.2, -0.15) is 0 Å². The third kappa shape index (κ3) is 2.59. The second-order valence-electron chi connectivity index (χ2n) is 4.64. The summed E-state index contributed by atoms with van der Waals surface area (Å²) < 4.78 is 13.2. The number of benzene rings is 2. The van der Waals surface area contributed by atoms with E-state index in [-0.39, 0.29) is 11.9 Å². The van der Waals surface area contributed by atoms with Gasteiger partial charge in [-0.15, -0.1) is 0 Å². The molecule has 0 heterocycles. The van der Waals surface area contributed by atoms with Crippen LogP contribution in [0.4, 0.5) is 4.39 Å². The fourth-order valence-electron chi connectivity index (χ4n) is 2.31. The average Bonchev–Trinajstić information content (AvgIpc) is 2.33. The van der Waals surface area contributed by atoms with Crippen LogP contribution < -0.4 is 5.32 Å². The van der Waals surface area contributed by atoms with Crippen molar-refractivity contribution < 1.29 is 4.39 Å². The molecule has 2 rings (SSSR count). The summed E-state index contributed by atoms with van der Waals surface area (Å²) in [6.45, 7) is 4.02. The Hall–Kier alpha value is -1.67. The van der Waals surface area contributed by atoms with E-state index in [0.29, 0.717) is 0 Å². The molecule has 0 aromatic heterocycles. The monoisotopic (exact) mass is 243 g/mol. The molecule has 94 valence electrons. The van der Waals surface area contributed by atoms with Crippen molar-refractivity contribution in [3.8, 4) is 0 Å². The minimum Gasteiger partial charge on any atom is -0.309 e. The fourth-order valence-corrected chi connectivity index (χ4v) is 2.31. The summed E-state index contributed by atoms with van der Waals surface area (Å²) in [6.07, 6.45) is 0. The molecule has 0 bridgehead atoms. The van der Waals surface area contributed by atoms with Crippen LogP contribution in [-0.4, -0.2) is 7.05 Å². The molecule has 0 amide bonds. The van der Waals surface area contributed by atoms with Crippen LogP contribution in [0.15, 0.2) is 42.5 Å². The van der Waals surface area contributed by atoms with E-state index in [1.165, 1.54) is 17.2 Å². The molecule has 0 saturated carbocycles. The third-order valence-corrected chi connectivity index (χ3v) is 3.21. The summed E-state index contributed by atoms with van der Waals surface area (Å²) in [6, 6.07) is 13.4. The Morgan fingerprint density at radius 2 is 1.83 bits per heavy atom. The van der Waals surface area contributed by atoms with E-state index in [1.807, 2.05) is 26.1 Å². The van der Waals surface area contributed by atoms with Crippen LogP contribution in [0, 0.1) is 19.7 Å². The lowest BCUT2D eigenvalue weighted by molar-refractivity contribution is 0.621. The van der Waals surface area contributed by atoms with Gasteiger partial charge >= 0.3 is 0 Å². The zero-order valence-electron chi connectivity index (χ0n) is 11.0. The smallest absolute Gasteiger partial charge is 0.123 e. The van der Waals surface area contributed by atoms with Crippen molar-refractivity contribution in [3.05, 3.63) is 70.5 Å². The first-order valence-corrected chi connectivity index (χ1v) is 6.11. The first kappa shape index (κ1) is 12.8. The van der Waals surface area contributed by atoms with Crippen molar-refractivity contribution in [1.82, 2.24) is 5.32 Å². The number of hydrogen-bond acceptors (Lipinski definition) is 1. The lowest BCUT2D eigenvalue weighted by Gasteiger charge is -2.20. The molecule has 1 nitrogen and oxygen atoms in total. The molecule has 1 unspecified atom stereocenters. The van der Waals surface area contributed by atoms with E-state index < -0.39 is 0 Å². The Balaban J connectivity index is 2.45. The van der Waals surface area contributed by atoms with Crippen molar-refractivity contribution in [2.45, 2.75) is 19.9 Å². The van der Waals surface area contributed by atoms with Crippen LogP contribution in [0.25, 0.3) is 0 Å². The Labute approximate surface area is 108 Å². The molecule has 18 heavy (non-hydrogen) atoms. The second-order valence-corrected chi connectivity index (χ2v) is 4.64. The van der Waals surface area contributed by atoms with Gasteiger partial charge in [0.05, 0.1) is 6.04 Å². The van der Waals surface area contributed by atoms with Crippen molar-refractivity contribution >= 4 is 0 Å². The van der Waals surface area contributed by atoms with Crippen LogP contribution in [0.5, 0.6) is 0 Å². The second kappa shape index (κ2) is 5.32. The average molecular weight is 243 g/mol. The van der Waals surface area contributed by atoms with Gasteiger partial charge in [-0.05, 0) is 49.7 Å².